The second-order valence-corrected chi connectivity index (χ2v) is 14.1. The number of aliphatic hydroxyl groups excluding tert-OH is 1. The van der Waals surface area contributed by atoms with Gasteiger partial charge in [-0.2, -0.15) is 0 Å². The number of aromatic hydroxyl groups is 1. The molecule has 0 heterocycles. The minimum absolute atomic E-state index is 0.0209. The number of nitrogens with one attached hydrogen (secondary N) is 6. The standard InChI is InChI=1S/C37H59N9O13/c1-4-19(2)30(36(57)44-26(37(58)59)17-21-8-10-22(48)11-9-21)46-34(55)24(7-5-6-16-38)42-33(54)25(13-15-29(50)51)43-35(56)27(18-47)45-31(52)20(3)41-32(53)23(39)12-14-28(40)49/h8-11,19-20,23-27,30,47-48H,4-7,12-18,38-39H2,1-3H3,(H2,40,49)(H,41,53)(H,42,54)(H,43,56)(H,44,57)(H,45,52)(H,46,55)(H,50,51)(H,58,59)/t19-,20-,23-,24-,25-,26-,27-,30-/m0/s1. The van der Waals surface area contributed by atoms with Crippen LogP contribution in [-0.4, -0.2) is 129 Å². The van der Waals surface area contributed by atoms with Crippen LogP contribution in [0.2, 0.25) is 0 Å². The molecule has 7 amide bonds. The number of unbranched alkanes of at least 4 members (excludes halogenated alkanes) is 1. The summed E-state index contributed by atoms with van der Waals surface area (Å²) in [6.07, 6.45) is -0.506. The molecule has 22 heteroatoms. The van der Waals surface area contributed by atoms with Crippen molar-refractivity contribution in [1.29, 1.82) is 0 Å². The Morgan fingerprint density at radius 1 is 0.661 bits per heavy atom. The first-order valence-electron chi connectivity index (χ1n) is 19.1. The molecule has 8 atom stereocenters. The summed E-state index contributed by atoms with van der Waals surface area (Å²) in [6.45, 7) is 3.86. The van der Waals surface area contributed by atoms with Crippen LogP contribution in [0, 0.1) is 5.92 Å². The highest BCUT2D eigenvalue weighted by Gasteiger charge is 2.34. The summed E-state index contributed by atoms with van der Waals surface area (Å²) in [6, 6.07) is -4.16. The van der Waals surface area contributed by atoms with Gasteiger partial charge in [-0.1, -0.05) is 32.4 Å². The maximum absolute atomic E-state index is 13.8. The van der Waals surface area contributed by atoms with E-state index in [0.717, 1.165) is 0 Å². The Morgan fingerprint density at radius 3 is 1.73 bits per heavy atom. The Morgan fingerprint density at radius 2 is 1.20 bits per heavy atom. The zero-order valence-electron chi connectivity index (χ0n) is 33.4. The zero-order valence-corrected chi connectivity index (χ0v) is 33.4. The topological polar surface area (TPSA) is 385 Å². The van der Waals surface area contributed by atoms with Crippen molar-refractivity contribution < 1.29 is 63.6 Å². The smallest absolute Gasteiger partial charge is 0.326 e. The van der Waals surface area contributed by atoms with Crippen LogP contribution in [0.3, 0.4) is 0 Å². The molecule has 0 saturated carbocycles. The van der Waals surface area contributed by atoms with Gasteiger partial charge in [0.2, 0.25) is 41.4 Å². The van der Waals surface area contributed by atoms with E-state index in [1.165, 1.54) is 31.2 Å². The van der Waals surface area contributed by atoms with Crippen molar-refractivity contribution in [2.24, 2.45) is 23.1 Å². The van der Waals surface area contributed by atoms with E-state index < -0.39 is 121 Å². The molecular formula is C37H59N9O13. The molecule has 0 aliphatic heterocycles. The lowest BCUT2D eigenvalue weighted by Crippen LogP contribution is -2.60. The molecule has 0 saturated heterocycles. The normalized spacial score (nSPS) is 15.0. The molecular weight excluding hydrogens is 778 g/mol. The van der Waals surface area contributed by atoms with Crippen LogP contribution in [0.25, 0.3) is 0 Å². The van der Waals surface area contributed by atoms with Gasteiger partial charge >= 0.3 is 11.9 Å². The van der Waals surface area contributed by atoms with Crippen molar-refractivity contribution >= 4 is 53.3 Å². The number of rotatable bonds is 28. The molecule has 0 bridgehead atoms. The van der Waals surface area contributed by atoms with Crippen LogP contribution in [0.15, 0.2) is 24.3 Å². The van der Waals surface area contributed by atoms with E-state index >= 15 is 0 Å². The first-order valence-corrected chi connectivity index (χ1v) is 19.1. The quantitative estimate of drug-likeness (QED) is 0.0366. The number of carbonyl (C=O) groups is 9. The number of benzene rings is 1. The molecule has 22 nitrogen and oxygen atoms in total. The Kier molecular flexibility index (Phi) is 22.7. The zero-order chi connectivity index (χ0) is 44.8. The van der Waals surface area contributed by atoms with Gasteiger partial charge in [0.05, 0.1) is 12.6 Å². The summed E-state index contributed by atoms with van der Waals surface area (Å²) < 4.78 is 0. The van der Waals surface area contributed by atoms with Crippen molar-refractivity contribution in [3.8, 4) is 5.75 Å². The van der Waals surface area contributed by atoms with E-state index in [0.29, 0.717) is 24.8 Å². The molecule has 0 aliphatic rings. The highest BCUT2D eigenvalue weighted by Crippen LogP contribution is 2.14. The molecule has 0 unspecified atom stereocenters. The maximum atomic E-state index is 13.8. The number of hydrogen-bond acceptors (Lipinski definition) is 13. The number of amides is 7. The molecule has 330 valence electrons. The summed E-state index contributed by atoms with van der Waals surface area (Å²) in [7, 11) is 0. The van der Waals surface area contributed by atoms with Crippen LogP contribution >= 0.6 is 0 Å². The molecule has 0 aliphatic carbocycles. The van der Waals surface area contributed by atoms with Gasteiger partial charge in [0.15, 0.2) is 0 Å². The third kappa shape index (κ3) is 19.0. The first kappa shape index (κ1) is 51.1. The van der Waals surface area contributed by atoms with Gasteiger partial charge in [0.25, 0.3) is 0 Å². The molecule has 0 fully saturated rings. The van der Waals surface area contributed by atoms with E-state index in [2.05, 4.69) is 31.9 Å². The van der Waals surface area contributed by atoms with Gasteiger partial charge in [-0.3, -0.25) is 38.4 Å². The second-order valence-electron chi connectivity index (χ2n) is 14.1. The van der Waals surface area contributed by atoms with E-state index in [9.17, 15) is 63.6 Å². The summed E-state index contributed by atoms with van der Waals surface area (Å²) in [5, 5.41) is 53.0. The van der Waals surface area contributed by atoms with Crippen LogP contribution in [-0.2, 0) is 49.6 Å². The highest BCUT2D eigenvalue weighted by atomic mass is 16.4. The number of phenolic OH excluding ortho intramolecular Hbond substituents is 1. The molecule has 1 aromatic rings. The van der Waals surface area contributed by atoms with E-state index in [1.54, 1.807) is 13.8 Å². The van der Waals surface area contributed by atoms with Crippen LogP contribution in [0.1, 0.15) is 77.7 Å². The molecule has 0 radical (unpaired) electrons. The largest absolute Gasteiger partial charge is 0.508 e. The fraction of sp³-hybridized carbons (Fsp3) is 0.595. The van der Waals surface area contributed by atoms with Gasteiger partial charge in [0.1, 0.15) is 42.0 Å². The van der Waals surface area contributed by atoms with Crippen LogP contribution in [0.4, 0.5) is 0 Å². The minimum Gasteiger partial charge on any atom is -0.508 e. The minimum atomic E-state index is -1.70. The number of hydrogen-bond donors (Lipinski definition) is 13. The molecule has 59 heavy (non-hydrogen) atoms. The van der Waals surface area contributed by atoms with Gasteiger partial charge in [-0.05, 0) is 69.2 Å². The molecule has 16 N–H and O–H groups in total. The molecule has 1 rings (SSSR count). The lowest BCUT2D eigenvalue weighted by molar-refractivity contribution is -0.142. The van der Waals surface area contributed by atoms with E-state index in [1.807, 2.05) is 0 Å². The summed E-state index contributed by atoms with van der Waals surface area (Å²) in [5.41, 5.74) is 16.9. The third-order valence-corrected chi connectivity index (χ3v) is 9.25. The Labute approximate surface area is 341 Å². The summed E-state index contributed by atoms with van der Waals surface area (Å²) in [5.74, 6) is -9.54. The molecule has 0 spiro atoms. The Hall–Kier alpha value is -5.87. The van der Waals surface area contributed by atoms with Crippen molar-refractivity contribution in [2.45, 2.75) is 121 Å². The van der Waals surface area contributed by atoms with Gasteiger partial charge in [-0.15, -0.1) is 0 Å². The van der Waals surface area contributed by atoms with E-state index in [4.69, 9.17) is 17.2 Å². The van der Waals surface area contributed by atoms with Crippen molar-refractivity contribution in [3.05, 3.63) is 29.8 Å². The average Bonchev–Trinajstić information content (AvgIpc) is 3.18. The monoisotopic (exact) mass is 837 g/mol. The lowest BCUT2D eigenvalue weighted by atomic mass is 9.96. The fourth-order valence-electron chi connectivity index (χ4n) is 5.43. The van der Waals surface area contributed by atoms with Crippen molar-refractivity contribution in [2.75, 3.05) is 13.2 Å². The predicted molar refractivity (Wildman–Crippen MR) is 209 cm³/mol. The number of aliphatic hydroxyl groups is 1. The van der Waals surface area contributed by atoms with E-state index in [-0.39, 0.29) is 38.0 Å². The van der Waals surface area contributed by atoms with Gasteiger partial charge in [-0.25, -0.2) is 4.79 Å². The number of carbonyl (C=O) groups excluding carboxylic acids is 7. The highest BCUT2D eigenvalue weighted by molar-refractivity contribution is 5.97. The van der Waals surface area contributed by atoms with Gasteiger partial charge < -0.3 is 69.5 Å². The van der Waals surface area contributed by atoms with Gasteiger partial charge in [0, 0.05) is 19.3 Å². The van der Waals surface area contributed by atoms with Crippen LogP contribution < -0.4 is 49.1 Å². The summed E-state index contributed by atoms with van der Waals surface area (Å²) >= 11 is 0. The number of primary amides is 1. The first-order chi connectivity index (χ1) is 27.7. The summed E-state index contributed by atoms with van der Waals surface area (Å²) in [4.78, 5) is 114. The fourth-order valence-corrected chi connectivity index (χ4v) is 5.43. The lowest BCUT2D eigenvalue weighted by Gasteiger charge is -2.29. The van der Waals surface area contributed by atoms with Crippen molar-refractivity contribution in [3.63, 3.8) is 0 Å². The Balaban J connectivity index is 3.22. The van der Waals surface area contributed by atoms with Crippen LogP contribution in [0.5, 0.6) is 5.75 Å². The maximum Gasteiger partial charge on any atom is 0.326 e. The van der Waals surface area contributed by atoms with Crippen molar-refractivity contribution in [1.82, 2.24) is 31.9 Å². The number of nitrogens with two attached hydrogens (primary N) is 3. The third-order valence-electron chi connectivity index (χ3n) is 9.25. The average molecular weight is 838 g/mol. The number of aliphatic carboxylic acids is 2. The second kappa shape index (κ2) is 26.2. The molecule has 0 aromatic heterocycles. The predicted octanol–water partition coefficient (Wildman–Crippen LogP) is -3.43. The molecule has 1 aromatic carbocycles. The number of carboxylic acid groups (broad SMARTS) is 2. The SMILES string of the molecule is CC[C@H](C)[C@H](NC(=O)[C@H](CCCCN)NC(=O)[C@H](CCC(=O)O)NC(=O)[C@H](CO)NC(=O)[C@H](C)NC(=O)[C@@H](N)CCC(N)=O)C(=O)N[C@@H](Cc1ccc(O)cc1)C(=O)O. The number of carboxylic acids is 2. The number of phenols is 1. The Bertz CT molecular complexity index is 1610.